The second kappa shape index (κ2) is 10.0. The molecule has 178 valence electrons. The fourth-order valence-corrected chi connectivity index (χ4v) is 3.72. The molecule has 4 aromatic rings. The van der Waals surface area contributed by atoms with Crippen LogP contribution >= 0.6 is 11.6 Å². The highest BCUT2D eigenvalue weighted by atomic mass is 35.5. The van der Waals surface area contributed by atoms with Crippen molar-refractivity contribution in [3.05, 3.63) is 94.5 Å². The second-order valence-electron chi connectivity index (χ2n) is 7.53. The van der Waals surface area contributed by atoms with Crippen LogP contribution in [0.15, 0.2) is 77.9 Å². The van der Waals surface area contributed by atoms with Crippen LogP contribution in [-0.4, -0.2) is 29.6 Å². The normalized spacial score (nSPS) is 11.7. The highest BCUT2D eigenvalue weighted by Crippen LogP contribution is 2.32. The number of nitrogens with zero attached hydrogens (tertiary/aromatic N) is 1. The maximum atomic E-state index is 12.9. The molecule has 1 heterocycles. The van der Waals surface area contributed by atoms with E-state index in [0.29, 0.717) is 12.1 Å². The van der Waals surface area contributed by atoms with Gasteiger partial charge in [-0.1, -0.05) is 60.1 Å². The summed E-state index contributed by atoms with van der Waals surface area (Å²) in [7, 11) is 0. The van der Waals surface area contributed by atoms with Gasteiger partial charge in [0.25, 0.3) is 11.8 Å². The molecule has 0 aliphatic rings. The van der Waals surface area contributed by atoms with E-state index in [2.05, 4.69) is 20.8 Å². The Kier molecular flexibility index (Phi) is 6.88. The molecule has 0 spiro atoms. The molecule has 35 heavy (non-hydrogen) atoms. The van der Waals surface area contributed by atoms with Crippen molar-refractivity contribution in [1.29, 1.82) is 0 Å². The second-order valence-corrected chi connectivity index (χ2v) is 7.96. The molecule has 0 saturated carbocycles. The van der Waals surface area contributed by atoms with Crippen LogP contribution in [-0.2, 0) is 11.0 Å². The average molecular weight is 499 g/mol. The van der Waals surface area contributed by atoms with Gasteiger partial charge in [-0.25, -0.2) is 5.43 Å². The lowest BCUT2D eigenvalue weighted by molar-refractivity contribution is -0.137. The number of carbonyl (C=O) groups excluding carboxylic acids is 2. The molecule has 4 rings (SSSR count). The summed E-state index contributed by atoms with van der Waals surface area (Å²) in [4.78, 5) is 27.7. The Labute approximate surface area is 202 Å². The third-order valence-corrected chi connectivity index (χ3v) is 5.31. The van der Waals surface area contributed by atoms with Gasteiger partial charge < -0.3 is 10.3 Å². The number of hydrogen-bond donors (Lipinski definition) is 3. The van der Waals surface area contributed by atoms with Gasteiger partial charge in [0.2, 0.25) is 0 Å². The quantitative estimate of drug-likeness (QED) is 0.246. The first-order chi connectivity index (χ1) is 16.7. The Morgan fingerprint density at radius 3 is 2.46 bits per heavy atom. The molecule has 1 aromatic heterocycles. The Morgan fingerprint density at radius 1 is 1.00 bits per heavy atom. The number of rotatable bonds is 6. The molecule has 0 fully saturated rings. The van der Waals surface area contributed by atoms with E-state index >= 15 is 0 Å². The van der Waals surface area contributed by atoms with Crippen LogP contribution in [0.4, 0.5) is 13.2 Å². The standard InChI is InChI=1S/C25H18ClF3N4O2/c26-18-11-16(10-17(12-18)25(27,28)29)24(35)30-14-22(34)33-31-13-20-19-8-4-5-9-21(19)32-23(20)15-6-2-1-3-7-15/h1-13,32H,14H2,(H,30,35)(H,33,34). The summed E-state index contributed by atoms with van der Waals surface area (Å²) >= 11 is 5.70. The SMILES string of the molecule is O=C(CNC(=O)c1cc(Cl)cc(C(F)(F)F)c1)NN=Cc1c(-c2ccccc2)[nH]c2ccccc12. The number of halogens is 4. The zero-order valence-electron chi connectivity index (χ0n) is 18.0. The lowest BCUT2D eigenvalue weighted by Crippen LogP contribution is -2.35. The van der Waals surface area contributed by atoms with E-state index < -0.39 is 30.1 Å². The van der Waals surface area contributed by atoms with Gasteiger partial charge in [0.1, 0.15) is 0 Å². The summed E-state index contributed by atoms with van der Waals surface area (Å²) in [6.45, 7) is -0.497. The maximum Gasteiger partial charge on any atom is 0.416 e. The van der Waals surface area contributed by atoms with Crippen molar-refractivity contribution in [1.82, 2.24) is 15.7 Å². The molecule has 2 amide bonds. The largest absolute Gasteiger partial charge is 0.416 e. The molecular formula is C25H18ClF3N4O2. The first-order valence-corrected chi connectivity index (χ1v) is 10.7. The van der Waals surface area contributed by atoms with Crippen molar-refractivity contribution in [3.8, 4) is 11.3 Å². The Balaban J connectivity index is 1.44. The molecule has 0 unspecified atom stereocenters. The minimum Gasteiger partial charge on any atom is -0.354 e. The van der Waals surface area contributed by atoms with Gasteiger partial charge >= 0.3 is 6.18 Å². The zero-order chi connectivity index (χ0) is 25.0. The van der Waals surface area contributed by atoms with E-state index in [0.717, 1.165) is 33.8 Å². The van der Waals surface area contributed by atoms with Gasteiger partial charge in [0.15, 0.2) is 0 Å². The van der Waals surface area contributed by atoms with E-state index in [9.17, 15) is 22.8 Å². The fraction of sp³-hybridized carbons (Fsp3) is 0.0800. The van der Waals surface area contributed by atoms with Gasteiger partial charge in [0, 0.05) is 27.1 Å². The maximum absolute atomic E-state index is 12.9. The topological polar surface area (TPSA) is 86.3 Å². The number of carbonyl (C=O) groups is 2. The highest BCUT2D eigenvalue weighted by molar-refractivity contribution is 6.31. The molecular weight excluding hydrogens is 481 g/mol. The predicted octanol–water partition coefficient (Wildman–Crippen LogP) is 5.39. The van der Waals surface area contributed by atoms with Gasteiger partial charge in [-0.2, -0.15) is 18.3 Å². The van der Waals surface area contributed by atoms with E-state index in [4.69, 9.17) is 11.6 Å². The zero-order valence-corrected chi connectivity index (χ0v) is 18.7. The molecule has 0 bridgehead atoms. The smallest absolute Gasteiger partial charge is 0.354 e. The molecule has 0 saturated heterocycles. The summed E-state index contributed by atoms with van der Waals surface area (Å²) in [5, 5.41) is 6.91. The van der Waals surface area contributed by atoms with Crippen molar-refractivity contribution < 1.29 is 22.8 Å². The first-order valence-electron chi connectivity index (χ1n) is 10.4. The minimum absolute atomic E-state index is 0.244. The number of aromatic amines is 1. The van der Waals surface area contributed by atoms with Crippen LogP contribution in [0.25, 0.3) is 22.2 Å². The number of para-hydroxylation sites is 1. The third kappa shape index (κ3) is 5.70. The number of amides is 2. The van der Waals surface area contributed by atoms with Crippen molar-refractivity contribution in [2.24, 2.45) is 5.10 Å². The van der Waals surface area contributed by atoms with Crippen LogP contribution in [0.3, 0.4) is 0 Å². The summed E-state index contributed by atoms with van der Waals surface area (Å²) < 4.78 is 38.8. The van der Waals surface area contributed by atoms with E-state index in [-0.39, 0.29) is 10.6 Å². The van der Waals surface area contributed by atoms with Crippen LogP contribution in [0.5, 0.6) is 0 Å². The van der Waals surface area contributed by atoms with Crippen LogP contribution < -0.4 is 10.7 Å². The highest BCUT2D eigenvalue weighted by Gasteiger charge is 2.31. The summed E-state index contributed by atoms with van der Waals surface area (Å²) in [6.07, 6.45) is -3.17. The number of H-pyrrole nitrogens is 1. The summed E-state index contributed by atoms with van der Waals surface area (Å²) in [5.41, 5.74) is 4.35. The van der Waals surface area contributed by atoms with Crippen molar-refractivity contribution >= 4 is 40.5 Å². The van der Waals surface area contributed by atoms with Crippen LogP contribution in [0.2, 0.25) is 5.02 Å². The molecule has 10 heteroatoms. The lowest BCUT2D eigenvalue weighted by Gasteiger charge is -2.10. The number of aromatic nitrogens is 1. The van der Waals surface area contributed by atoms with Gasteiger partial charge in [-0.3, -0.25) is 9.59 Å². The molecule has 3 aromatic carbocycles. The van der Waals surface area contributed by atoms with Crippen molar-refractivity contribution in [2.75, 3.05) is 6.54 Å². The molecule has 0 aliphatic carbocycles. The van der Waals surface area contributed by atoms with Gasteiger partial charge in [-0.05, 0) is 29.8 Å². The van der Waals surface area contributed by atoms with Crippen molar-refractivity contribution in [3.63, 3.8) is 0 Å². The number of fused-ring (bicyclic) bond motifs is 1. The lowest BCUT2D eigenvalue weighted by atomic mass is 10.1. The van der Waals surface area contributed by atoms with Crippen LogP contribution in [0.1, 0.15) is 21.5 Å². The number of benzene rings is 3. The monoisotopic (exact) mass is 498 g/mol. The van der Waals surface area contributed by atoms with E-state index in [1.54, 1.807) is 0 Å². The first kappa shape index (κ1) is 24.0. The van der Waals surface area contributed by atoms with Crippen molar-refractivity contribution in [2.45, 2.75) is 6.18 Å². The van der Waals surface area contributed by atoms with E-state index in [1.165, 1.54) is 6.21 Å². The summed E-state index contributed by atoms with van der Waals surface area (Å²) in [5.74, 6) is -1.53. The van der Waals surface area contributed by atoms with Gasteiger partial charge in [-0.15, -0.1) is 0 Å². The molecule has 6 nitrogen and oxygen atoms in total. The summed E-state index contributed by atoms with van der Waals surface area (Å²) in [6, 6.07) is 19.7. The molecule has 3 N–H and O–H groups in total. The molecule has 0 radical (unpaired) electrons. The van der Waals surface area contributed by atoms with Gasteiger partial charge in [0.05, 0.1) is 24.0 Å². The predicted molar refractivity (Wildman–Crippen MR) is 128 cm³/mol. The third-order valence-electron chi connectivity index (χ3n) is 5.09. The average Bonchev–Trinajstić information content (AvgIpc) is 3.21. The Morgan fingerprint density at radius 2 is 1.71 bits per heavy atom. The van der Waals surface area contributed by atoms with E-state index in [1.807, 2.05) is 54.6 Å². The Hall–Kier alpha value is -4.11. The fourth-order valence-electron chi connectivity index (χ4n) is 3.49. The number of alkyl halides is 3. The Bertz CT molecular complexity index is 1420. The molecule has 0 aliphatic heterocycles. The molecule has 0 atom stereocenters. The number of hydrogen-bond acceptors (Lipinski definition) is 3. The van der Waals surface area contributed by atoms with Crippen LogP contribution in [0, 0.1) is 0 Å². The number of hydrazone groups is 1. The number of nitrogens with one attached hydrogen (secondary N) is 3. The minimum atomic E-state index is -4.66.